The predicted octanol–water partition coefficient (Wildman–Crippen LogP) is 1.72. The lowest BCUT2D eigenvalue weighted by Crippen LogP contribution is -2.33. The first-order valence-electron chi connectivity index (χ1n) is 7.62. The number of hydrogen-bond acceptors (Lipinski definition) is 5. The van der Waals surface area contributed by atoms with Gasteiger partial charge in [-0.05, 0) is 31.2 Å². The second-order valence-electron chi connectivity index (χ2n) is 5.29. The summed E-state index contributed by atoms with van der Waals surface area (Å²) in [6, 6.07) is 14.2. The fourth-order valence-corrected chi connectivity index (χ4v) is 2.73. The standard InChI is InChI=1S/C18H18N2O5S/c1-13-8-10-15(11-9-13)26(23,24)25-12-16(18(22)19-2)20-17(21)14-6-4-3-5-7-14/h3-12H,1-2H3,(H,19,22)(H,20,21)/b16-12+. The highest BCUT2D eigenvalue weighted by Crippen LogP contribution is 2.14. The number of nitrogens with one attached hydrogen (secondary N) is 2. The maximum absolute atomic E-state index is 12.2. The first-order valence-corrected chi connectivity index (χ1v) is 9.03. The van der Waals surface area contributed by atoms with E-state index in [0.717, 1.165) is 5.56 Å². The van der Waals surface area contributed by atoms with Crippen LogP contribution in [-0.2, 0) is 19.1 Å². The van der Waals surface area contributed by atoms with Crippen molar-refractivity contribution in [2.75, 3.05) is 7.05 Å². The predicted molar refractivity (Wildman–Crippen MR) is 95.5 cm³/mol. The van der Waals surface area contributed by atoms with Crippen LogP contribution in [0.25, 0.3) is 0 Å². The molecule has 2 amide bonds. The van der Waals surface area contributed by atoms with Gasteiger partial charge in [-0.15, -0.1) is 0 Å². The van der Waals surface area contributed by atoms with E-state index >= 15 is 0 Å². The Morgan fingerprint density at radius 2 is 1.62 bits per heavy atom. The Morgan fingerprint density at radius 3 is 2.19 bits per heavy atom. The Morgan fingerprint density at radius 1 is 1.00 bits per heavy atom. The highest BCUT2D eigenvalue weighted by molar-refractivity contribution is 7.86. The topological polar surface area (TPSA) is 102 Å². The van der Waals surface area contributed by atoms with Crippen molar-refractivity contribution >= 4 is 21.9 Å². The molecule has 0 aromatic heterocycles. The number of carbonyl (C=O) groups excluding carboxylic acids is 2. The van der Waals surface area contributed by atoms with E-state index in [0.29, 0.717) is 11.8 Å². The normalized spacial score (nSPS) is 11.5. The first-order chi connectivity index (χ1) is 12.3. The molecule has 0 aliphatic carbocycles. The Bertz CT molecular complexity index is 920. The van der Waals surface area contributed by atoms with Crippen LogP contribution in [0.3, 0.4) is 0 Å². The van der Waals surface area contributed by atoms with Crippen molar-refractivity contribution in [3.8, 4) is 0 Å². The largest absolute Gasteiger partial charge is 0.384 e. The maximum atomic E-state index is 12.2. The molecule has 0 bridgehead atoms. The molecule has 2 aromatic carbocycles. The molecule has 0 radical (unpaired) electrons. The summed E-state index contributed by atoms with van der Waals surface area (Å²) >= 11 is 0. The van der Waals surface area contributed by atoms with Gasteiger partial charge in [0.1, 0.15) is 16.9 Å². The average molecular weight is 374 g/mol. The van der Waals surface area contributed by atoms with Gasteiger partial charge in [-0.1, -0.05) is 35.9 Å². The Balaban J connectivity index is 2.22. The highest BCUT2D eigenvalue weighted by Gasteiger charge is 2.18. The van der Waals surface area contributed by atoms with Gasteiger partial charge in [0.25, 0.3) is 11.8 Å². The monoisotopic (exact) mass is 374 g/mol. The number of rotatable bonds is 6. The highest BCUT2D eigenvalue weighted by atomic mass is 32.2. The minimum atomic E-state index is -4.12. The third-order valence-corrected chi connectivity index (χ3v) is 4.56. The summed E-state index contributed by atoms with van der Waals surface area (Å²) in [4.78, 5) is 24.0. The van der Waals surface area contributed by atoms with Crippen LogP contribution in [0.2, 0.25) is 0 Å². The van der Waals surface area contributed by atoms with Crippen molar-refractivity contribution < 1.29 is 22.2 Å². The average Bonchev–Trinajstić information content (AvgIpc) is 2.65. The van der Waals surface area contributed by atoms with Crippen LogP contribution in [-0.4, -0.2) is 27.3 Å². The van der Waals surface area contributed by atoms with Gasteiger partial charge < -0.3 is 14.8 Å². The minimum Gasteiger partial charge on any atom is -0.384 e. The van der Waals surface area contributed by atoms with Crippen LogP contribution in [0.15, 0.2) is 71.5 Å². The van der Waals surface area contributed by atoms with E-state index < -0.39 is 21.9 Å². The molecular formula is C18H18N2O5S. The smallest absolute Gasteiger partial charge is 0.338 e. The SMILES string of the molecule is CNC(=O)/C(=C\OS(=O)(=O)c1ccc(C)cc1)NC(=O)c1ccccc1. The van der Waals surface area contributed by atoms with Crippen LogP contribution in [0.4, 0.5) is 0 Å². The van der Waals surface area contributed by atoms with E-state index in [1.54, 1.807) is 42.5 Å². The summed E-state index contributed by atoms with van der Waals surface area (Å²) in [7, 11) is -2.78. The molecule has 26 heavy (non-hydrogen) atoms. The Hall–Kier alpha value is -3.13. The van der Waals surface area contributed by atoms with E-state index in [9.17, 15) is 18.0 Å². The van der Waals surface area contributed by atoms with Crippen LogP contribution in [0, 0.1) is 6.92 Å². The van der Waals surface area contributed by atoms with E-state index in [1.165, 1.54) is 19.2 Å². The van der Waals surface area contributed by atoms with Crippen LogP contribution >= 0.6 is 0 Å². The third kappa shape index (κ3) is 4.93. The lowest BCUT2D eigenvalue weighted by Gasteiger charge is -2.09. The van der Waals surface area contributed by atoms with Crippen molar-refractivity contribution in [2.24, 2.45) is 0 Å². The molecule has 0 heterocycles. The van der Waals surface area contributed by atoms with Gasteiger partial charge >= 0.3 is 10.1 Å². The second-order valence-corrected chi connectivity index (χ2v) is 6.87. The quantitative estimate of drug-likeness (QED) is 0.455. The Kier molecular flexibility index (Phi) is 6.13. The second kappa shape index (κ2) is 8.30. The lowest BCUT2D eigenvalue weighted by atomic mass is 10.2. The molecule has 0 fully saturated rings. The molecule has 2 rings (SSSR count). The van der Waals surface area contributed by atoms with Gasteiger partial charge in [-0.2, -0.15) is 8.42 Å². The van der Waals surface area contributed by atoms with Gasteiger partial charge in [-0.3, -0.25) is 9.59 Å². The summed E-state index contributed by atoms with van der Waals surface area (Å²) < 4.78 is 29.2. The van der Waals surface area contributed by atoms with Crippen molar-refractivity contribution in [1.82, 2.24) is 10.6 Å². The Labute approximate surface area is 151 Å². The molecule has 2 aromatic rings. The molecule has 136 valence electrons. The zero-order chi connectivity index (χ0) is 19.2. The number of hydrogen-bond donors (Lipinski definition) is 2. The fourth-order valence-electron chi connectivity index (χ4n) is 1.93. The summed E-state index contributed by atoms with van der Waals surface area (Å²) in [5.74, 6) is -1.27. The van der Waals surface area contributed by atoms with Gasteiger partial charge in [0.15, 0.2) is 0 Å². The molecule has 2 N–H and O–H groups in total. The minimum absolute atomic E-state index is 0.0648. The van der Waals surface area contributed by atoms with Gasteiger partial charge in [0, 0.05) is 12.6 Å². The summed E-state index contributed by atoms with van der Waals surface area (Å²) in [5.41, 5.74) is 0.862. The molecule has 8 heteroatoms. The molecule has 0 saturated heterocycles. The van der Waals surface area contributed by atoms with E-state index in [-0.39, 0.29) is 10.6 Å². The molecule has 0 saturated carbocycles. The molecule has 7 nitrogen and oxygen atoms in total. The number of likely N-dealkylation sites (N-methyl/N-ethyl adjacent to an activating group) is 1. The van der Waals surface area contributed by atoms with Crippen LogP contribution in [0.5, 0.6) is 0 Å². The molecule has 0 spiro atoms. The van der Waals surface area contributed by atoms with Gasteiger partial charge in [0.05, 0.1) is 0 Å². The summed E-state index contributed by atoms with van der Waals surface area (Å²) in [6.07, 6.45) is 0.703. The first kappa shape index (κ1) is 19.2. The van der Waals surface area contributed by atoms with Crippen LogP contribution < -0.4 is 10.6 Å². The third-order valence-electron chi connectivity index (χ3n) is 3.36. The van der Waals surface area contributed by atoms with Crippen LogP contribution in [0.1, 0.15) is 15.9 Å². The van der Waals surface area contributed by atoms with E-state index in [4.69, 9.17) is 4.18 Å². The van der Waals surface area contributed by atoms with E-state index in [2.05, 4.69) is 10.6 Å². The van der Waals surface area contributed by atoms with E-state index in [1.807, 2.05) is 6.92 Å². The van der Waals surface area contributed by atoms with Gasteiger partial charge in [0.2, 0.25) is 0 Å². The summed E-state index contributed by atoms with van der Waals surface area (Å²) in [5, 5.41) is 4.65. The zero-order valence-corrected chi connectivity index (χ0v) is 15.0. The van der Waals surface area contributed by atoms with Crippen molar-refractivity contribution in [3.05, 3.63) is 77.7 Å². The van der Waals surface area contributed by atoms with Gasteiger partial charge in [-0.25, -0.2) is 0 Å². The lowest BCUT2D eigenvalue weighted by molar-refractivity contribution is -0.117. The fraction of sp³-hybridized carbons (Fsp3) is 0.111. The number of carbonyl (C=O) groups is 2. The van der Waals surface area contributed by atoms with Crippen molar-refractivity contribution in [3.63, 3.8) is 0 Å². The maximum Gasteiger partial charge on any atom is 0.338 e. The zero-order valence-electron chi connectivity index (χ0n) is 14.2. The molecule has 0 unspecified atom stereocenters. The number of aryl methyl sites for hydroxylation is 1. The van der Waals surface area contributed by atoms with Crippen molar-refractivity contribution in [2.45, 2.75) is 11.8 Å². The molecule has 0 aliphatic heterocycles. The summed E-state index contributed by atoms with van der Waals surface area (Å²) in [6.45, 7) is 1.82. The number of amides is 2. The molecular weight excluding hydrogens is 356 g/mol. The molecule has 0 atom stereocenters. The molecule has 0 aliphatic rings. The number of benzene rings is 2. The van der Waals surface area contributed by atoms with Crippen molar-refractivity contribution in [1.29, 1.82) is 0 Å².